The van der Waals surface area contributed by atoms with Crippen LogP contribution in [-0.4, -0.2) is 29.3 Å². The summed E-state index contributed by atoms with van der Waals surface area (Å²) in [6.07, 6.45) is 0.901. The first-order chi connectivity index (χ1) is 17.8. The summed E-state index contributed by atoms with van der Waals surface area (Å²) in [5.74, 6) is 1.16. The summed E-state index contributed by atoms with van der Waals surface area (Å²) >= 11 is 7.44. The predicted molar refractivity (Wildman–Crippen MR) is 143 cm³/mol. The molecule has 0 saturated carbocycles. The maximum absolute atomic E-state index is 13.8. The van der Waals surface area contributed by atoms with Crippen LogP contribution in [0.3, 0.4) is 0 Å². The Balaban J connectivity index is 1.68. The zero-order chi connectivity index (χ0) is 26.3. The molecule has 0 fully saturated rings. The fourth-order valence-corrected chi connectivity index (χ4v) is 5.21. The van der Waals surface area contributed by atoms with Crippen LogP contribution in [0.15, 0.2) is 45.6 Å². The molecule has 0 N–H and O–H groups in total. The number of halogens is 1. The largest absolute Gasteiger partial charge is 0.490 e. The van der Waals surface area contributed by atoms with Gasteiger partial charge in [0, 0.05) is 5.02 Å². The van der Waals surface area contributed by atoms with E-state index in [9.17, 15) is 9.59 Å². The smallest absolute Gasteiger partial charge is 0.297 e. The number of aryl methyl sites for hydroxylation is 1. The van der Waals surface area contributed by atoms with Crippen LogP contribution >= 0.6 is 22.9 Å². The highest BCUT2D eigenvalue weighted by molar-refractivity contribution is 7.15. The third-order valence-corrected chi connectivity index (χ3v) is 7.16. The lowest BCUT2D eigenvalue weighted by molar-refractivity contribution is 0.0970. The van der Waals surface area contributed by atoms with Gasteiger partial charge in [-0.3, -0.25) is 14.5 Å². The van der Waals surface area contributed by atoms with Crippen molar-refractivity contribution in [3.8, 4) is 11.5 Å². The number of hydrogen-bond acceptors (Lipinski definition) is 8. The molecule has 0 spiro atoms. The number of benzene rings is 2. The fourth-order valence-electron chi connectivity index (χ4n) is 4.33. The van der Waals surface area contributed by atoms with Gasteiger partial charge in [0.05, 0.1) is 30.2 Å². The zero-order valence-electron chi connectivity index (χ0n) is 20.9. The van der Waals surface area contributed by atoms with Gasteiger partial charge in [-0.15, -0.1) is 10.2 Å². The molecule has 10 heteroatoms. The van der Waals surface area contributed by atoms with Crippen LogP contribution in [0.2, 0.25) is 5.02 Å². The number of anilines is 1. The second kappa shape index (κ2) is 10.1. The molecule has 5 rings (SSSR count). The first kappa shape index (κ1) is 25.2. The normalized spacial score (nSPS) is 15.0. The maximum Gasteiger partial charge on any atom is 0.297 e. The van der Waals surface area contributed by atoms with E-state index >= 15 is 0 Å². The molecule has 3 heterocycles. The topological polar surface area (TPSA) is 94.8 Å². The van der Waals surface area contributed by atoms with Crippen molar-refractivity contribution in [1.82, 2.24) is 10.2 Å². The van der Waals surface area contributed by atoms with Crippen LogP contribution in [-0.2, 0) is 0 Å². The molecular weight excluding hydrogens is 514 g/mol. The predicted octanol–water partition coefficient (Wildman–Crippen LogP) is 6.18. The lowest BCUT2D eigenvalue weighted by atomic mass is 9.98. The van der Waals surface area contributed by atoms with Crippen LogP contribution < -0.4 is 19.8 Å². The fraction of sp³-hybridized carbons (Fsp3) is 0.333. The van der Waals surface area contributed by atoms with E-state index in [4.69, 9.17) is 25.5 Å². The van der Waals surface area contributed by atoms with Crippen molar-refractivity contribution in [2.75, 3.05) is 18.1 Å². The van der Waals surface area contributed by atoms with E-state index in [-0.39, 0.29) is 16.8 Å². The van der Waals surface area contributed by atoms with E-state index in [1.54, 1.807) is 25.1 Å². The number of carbonyl (C=O) groups is 1. The van der Waals surface area contributed by atoms with Crippen LogP contribution in [0.5, 0.6) is 11.5 Å². The highest BCUT2D eigenvalue weighted by Gasteiger charge is 2.45. The molecule has 0 saturated heterocycles. The van der Waals surface area contributed by atoms with Crippen molar-refractivity contribution in [3.05, 3.63) is 73.5 Å². The van der Waals surface area contributed by atoms with E-state index in [0.717, 1.165) is 6.42 Å². The molecule has 1 aliphatic rings. The van der Waals surface area contributed by atoms with Gasteiger partial charge >= 0.3 is 0 Å². The summed E-state index contributed by atoms with van der Waals surface area (Å²) in [6, 6.07) is 9.43. The first-order valence-electron chi connectivity index (χ1n) is 12.1. The average molecular weight is 540 g/mol. The van der Waals surface area contributed by atoms with Gasteiger partial charge in [0.2, 0.25) is 10.9 Å². The SMILES string of the molecule is CCOc1cc(C2c3c(oc4ccc(Cl)cc4c3=O)C(=O)N2c2nnc(C)s2)ccc1OCCC(C)C. The Kier molecular flexibility index (Phi) is 6.92. The van der Waals surface area contributed by atoms with Crippen LogP contribution in [0.4, 0.5) is 5.13 Å². The number of ether oxygens (including phenoxy) is 2. The first-order valence-corrected chi connectivity index (χ1v) is 13.3. The number of aromatic nitrogens is 2. The van der Waals surface area contributed by atoms with Gasteiger partial charge in [-0.2, -0.15) is 0 Å². The van der Waals surface area contributed by atoms with Crippen LogP contribution in [0, 0.1) is 12.8 Å². The van der Waals surface area contributed by atoms with Crippen molar-refractivity contribution in [1.29, 1.82) is 0 Å². The quantitative estimate of drug-likeness (QED) is 0.264. The van der Waals surface area contributed by atoms with Gasteiger partial charge < -0.3 is 13.9 Å². The van der Waals surface area contributed by atoms with Crippen LogP contribution in [0.25, 0.3) is 11.0 Å². The van der Waals surface area contributed by atoms with Gasteiger partial charge in [0.15, 0.2) is 16.9 Å². The minimum atomic E-state index is -0.793. The molecule has 0 bridgehead atoms. The summed E-state index contributed by atoms with van der Waals surface area (Å²) in [4.78, 5) is 28.9. The minimum Gasteiger partial charge on any atom is -0.490 e. The number of amides is 1. The Morgan fingerprint density at radius 1 is 1.11 bits per heavy atom. The van der Waals surface area contributed by atoms with Gasteiger partial charge in [-0.25, -0.2) is 0 Å². The second-order valence-electron chi connectivity index (χ2n) is 9.17. The molecule has 1 unspecified atom stereocenters. The molecule has 37 heavy (non-hydrogen) atoms. The standard InChI is InChI=1S/C27H26ClN3O5S/c1-5-34-21-12-16(6-8-20(21)35-11-10-14(2)3)23-22-24(32)18-13-17(28)7-9-19(18)36-25(22)26(33)31(23)27-30-29-15(4)37-27/h6-9,12-14,23H,5,10-11H2,1-4H3. The number of hydrogen-bond donors (Lipinski definition) is 0. The molecular formula is C27H26ClN3O5S. The highest BCUT2D eigenvalue weighted by Crippen LogP contribution is 2.44. The third-order valence-electron chi connectivity index (χ3n) is 6.09. The lowest BCUT2D eigenvalue weighted by Crippen LogP contribution is -2.29. The summed E-state index contributed by atoms with van der Waals surface area (Å²) in [5, 5.41) is 10.1. The Labute approximate surface area is 222 Å². The van der Waals surface area contributed by atoms with Crippen molar-refractivity contribution in [3.63, 3.8) is 0 Å². The lowest BCUT2D eigenvalue weighted by Gasteiger charge is -2.23. The van der Waals surface area contributed by atoms with Crippen molar-refractivity contribution in [2.45, 2.75) is 40.2 Å². The monoisotopic (exact) mass is 539 g/mol. The second-order valence-corrected chi connectivity index (χ2v) is 10.8. The van der Waals surface area contributed by atoms with Gasteiger partial charge in [-0.05, 0) is 62.1 Å². The average Bonchev–Trinajstić information content (AvgIpc) is 3.41. The third kappa shape index (κ3) is 4.69. The number of nitrogens with zero attached hydrogens (tertiary/aromatic N) is 3. The minimum absolute atomic E-state index is 0.0205. The number of carbonyl (C=O) groups excluding carboxylic acids is 1. The Morgan fingerprint density at radius 2 is 1.92 bits per heavy atom. The van der Waals surface area contributed by atoms with Crippen LogP contribution in [0.1, 0.15) is 59.9 Å². The van der Waals surface area contributed by atoms with Crippen molar-refractivity contribution >= 4 is 44.9 Å². The summed E-state index contributed by atoms with van der Waals surface area (Å²) in [7, 11) is 0. The number of fused-ring (bicyclic) bond motifs is 2. The molecule has 2 aromatic heterocycles. The van der Waals surface area contributed by atoms with Gasteiger partial charge in [-0.1, -0.05) is 42.9 Å². The molecule has 4 aromatic rings. The van der Waals surface area contributed by atoms with E-state index in [1.165, 1.54) is 16.2 Å². The Bertz CT molecular complexity index is 1550. The molecule has 1 atom stereocenters. The van der Waals surface area contributed by atoms with Crippen molar-refractivity contribution < 1.29 is 18.7 Å². The molecule has 192 valence electrons. The van der Waals surface area contributed by atoms with E-state index < -0.39 is 11.9 Å². The van der Waals surface area contributed by atoms with Crippen molar-refractivity contribution in [2.24, 2.45) is 5.92 Å². The summed E-state index contributed by atoms with van der Waals surface area (Å²) in [5.41, 5.74) is 0.854. The Morgan fingerprint density at radius 3 is 2.62 bits per heavy atom. The molecule has 0 radical (unpaired) electrons. The highest BCUT2D eigenvalue weighted by atomic mass is 35.5. The van der Waals surface area contributed by atoms with E-state index in [2.05, 4.69) is 24.0 Å². The van der Waals surface area contributed by atoms with E-state index in [1.807, 2.05) is 25.1 Å². The zero-order valence-corrected chi connectivity index (χ0v) is 22.5. The maximum atomic E-state index is 13.8. The molecule has 8 nitrogen and oxygen atoms in total. The summed E-state index contributed by atoms with van der Waals surface area (Å²) in [6.45, 7) is 8.94. The van der Waals surface area contributed by atoms with Gasteiger partial charge in [0.25, 0.3) is 5.91 Å². The van der Waals surface area contributed by atoms with Gasteiger partial charge in [0.1, 0.15) is 10.6 Å². The molecule has 1 amide bonds. The Hall–Kier alpha value is -3.43. The molecule has 1 aliphatic heterocycles. The molecule has 2 aromatic carbocycles. The summed E-state index contributed by atoms with van der Waals surface area (Å²) < 4.78 is 17.9. The van der Waals surface area contributed by atoms with E-state index in [0.29, 0.717) is 62.3 Å². The number of rotatable bonds is 8. The molecule has 0 aliphatic carbocycles.